The minimum absolute atomic E-state index is 0. The first-order chi connectivity index (χ1) is 12.3. The number of nitrogens with zero attached hydrogens (tertiary/aromatic N) is 4. The number of hydrogen-bond acceptors (Lipinski definition) is 6. The molecule has 1 N–H and O–H groups in total. The lowest BCUT2D eigenvalue weighted by Crippen LogP contribution is -2.42. The van der Waals surface area contributed by atoms with Gasteiger partial charge in [-0.3, -0.25) is 9.89 Å². The van der Waals surface area contributed by atoms with Crippen LogP contribution >= 0.6 is 47.1 Å². The van der Waals surface area contributed by atoms with E-state index in [1.165, 1.54) is 13.0 Å². The maximum Gasteiger partial charge on any atom is 0.193 e. The van der Waals surface area contributed by atoms with E-state index >= 15 is 0 Å². The molecular formula is C17H30IN5OS2. The van der Waals surface area contributed by atoms with Gasteiger partial charge in [0.2, 0.25) is 0 Å². The Bertz CT molecular complexity index is 525. The number of thiazole rings is 1. The average Bonchev–Trinajstić information content (AvgIpc) is 3.31. The van der Waals surface area contributed by atoms with Crippen molar-refractivity contribution in [2.75, 3.05) is 65.3 Å². The molecule has 0 aliphatic carbocycles. The van der Waals surface area contributed by atoms with E-state index in [1.54, 1.807) is 11.3 Å². The van der Waals surface area contributed by atoms with Crippen LogP contribution in [0.2, 0.25) is 0 Å². The highest BCUT2D eigenvalue weighted by molar-refractivity contribution is 14.0. The van der Waals surface area contributed by atoms with Crippen LogP contribution in [0.25, 0.3) is 0 Å². The van der Waals surface area contributed by atoms with Gasteiger partial charge in [0.25, 0.3) is 0 Å². The summed E-state index contributed by atoms with van der Waals surface area (Å²) < 4.78 is 6.60. The molecule has 26 heavy (non-hydrogen) atoms. The van der Waals surface area contributed by atoms with Crippen molar-refractivity contribution in [1.82, 2.24) is 20.1 Å². The van der Waals surface area contributed by atoms with Crippen LogP contribution in [0.4, 0.5) is 0 Å². The number of ether oxygens (including phenoxy) is 1. The molecule has 3 heterocycles. The summed E-state index contributed by atoms with van der Waals surface area (Å²) in [4.78, 5) is 13.7. The number of aromatic nitrogens is 1. The molecule has 0 spiro atoms. The van der Waals surface area contributed by atoms with Crippen LogP contribution in [0.1, 0.15) is 12.8 Å². The predicted molar refractivity (Wildman–Crippen MR) is 121 cm³/mol. The molecule has 6 nitrogen and oxygen atoms in total. The van der Waals surface area contributed by atoms with Crippen molar-refractivity contribution in [2.24, 2.45) is 10.9 Å². The van der Waals surface area contributed by atoms with Crippen molar-refractivity contribution < 1.29 is 4.74 Å². The van der Waals surface area contributed by atoms with Crippen LogP contribution in [0, 0.1) is 5.92 Å². The lowest BCUT2D eigenvalue weighted by molar-refractivity contribution is 0.0315. The second-order valence-electron chi connectivity index (χ2n) is 6.49. The molecule has 2 fully saturated rings. The molecule has 1 aromatic heterocycles. The van der Waals surface area contributed by atoms with E-state index in [0.29, 0.717) is 0 Å². The zero-order valence-electron chi connectivity index (χ0n) is 15.4. The van der Waals surface area contributed by atoms with Gasteiger partial charge >= 0.3 is 0 Å². The zero-order valence-corrected chi connectivity index (χ0v) is 19.4. The molecule has 9 heteroatoms. The van der Waals surface area contributed by atoms with Crippen molar-refractivity contribution >= 4 is 53.0 Å². The second-order valence-corrected chi connectivity index (χ2v) is 8.72. The summed E-state index contributed by atoms with van der Waals surface area (Å²) in [7, 11) is 1.89. The van der Waals surface area contributed by atoms with Crippen LogP contribution < -0.4 is 5.32 Å². The summed E-state index contributed by atoms with van der Waals surface area (Å²) >= 11 is 3.55. The fraction of sp³-hybridized carbons (Fsp3) is 0.765. The number of nitrogens with one attached hydrogen (secondary N) is 1. The highest BCUT2D eigenvalue weighted by atomic mass is 127. The Labute approximate surface area is 182 Å². The van der Waals surface area contributed by atoms with Gasteiger partial charge in [-0.1, -0.05) is 11.8 Å². The first-order valence-electron chi connectivity index (χ1n) is 9.13. The molecule has 2 aliphatic rings. The average molecular weight is 511 g/mol. The van der Waals surface area contributed by atoms with Crippen molar-refractivity contribution in [2.45, 2.75) is 17.2 Å². The Kier molecular flexibility index (Phi) is 10.6. The fourth-order valence-electron chi connectivity index (χ4n) is 3.37. The van der Waals surface area contributed by atoms with Crippen LogP contribution in [0.3, 0.4) is 0 Å². The first kappa shape index (κ1) is 22.2. The molecule has 0 amide bonds. The van der Waals surface area contributed by atoms with Gasteiger partial charge in [-0.2, -0.15) is 0 Å². The Morgan fingerprint density at radius 2 is 2.27 bits per heavy atom. The lowest BCUT2D eigenvalue weighted by Gasteiger charge is -2.29. The van der Waals surface area contributed by atoms with Gasteiger partial charge in [-0.25, -0.2) is 4.98 Å². The number of thioether (sulfide) groups is 1. The number of likely N-dealkylation sites (tertiary alicyclic amines) is 1. The van der Waals surface area contributed by atoms with E-state index in [2.05, 4.69) is 25.1 Å². The largest absolute Gasteiger partial charge is 0.379 e. The quantitative estimate of drug-likeness (QED) is 0.200. The van der Waals surface area contributed by atoms with E-state index < -0.39 is 0 Å². The Morgan fingerprint density at radius 1 is 1.42 bits per heavy atom. The molecule has 1 unspecified atom stereocenters. The van der Waals surface area contributed by atoms with Gasteiger partial charge in [-0.05, 0) is 18.8 Å². The number of rotatable bonds is 7. The minimum Gasteiger partial charge on any atom is -0.379 e. The fourth-order valence-corrected chi connectivity index (χ4v) is 5.02. The minimum atomic E-state index is 0. The standard InChI is InChI=1S/C17H29N5OS2.HI/c1-18-16(19-4-2-11-24-17-20-5-12-25-17)22-6-3-15(14-22)13-21-7-9-23-10-8-21;/h5,12,15H,2-4,6-11,13-14H2,1H3,(H,18,19);1H. The van der Waals surface area contributed by atoms with Crippen molar-refractivity contribution in [3.8, 4) is 0 Å². The van der Waals surface area contributed by atoms with E-state index in [-0.39, 0.29) is 24.0 Å². The van der Waals surface area contributed by atoms with Gasteiger partial charge in [0, 0.05) is 63.6 Å². The van der Waals surface area contributed by atoms with Crippen LogP contribution in [-0.2, 0) is 4.74 Å². The number of morpholine rings is 1. The third kappa shape index (κ3) is 7.14. The molecule has 0 radical (unpaired) electrons. The van der Waals surface area contributed by atoms with Gasteiger partial charge in [0.1, 0.15) is 4.34 Å². The number of hydrogen-bond donors (Lipinski definition) is 1. The Morgan fingerprint density at radius 3 is 3.00 bits per heavy atom. The third-order valence-corrected chi connectivity index (χ3v) is 6.71. The number of aliphatic imine (C=N–C) groups is 1. The molecule has 3 rings (SSSR count). The third-order valence-electron chi connectivity index (χ3n) is 4.66. The van der Waals surface area contributed by atoms with Crippen molar-refractivity contribution in [3.63, 3.8) is 0 Å². The molecule has 0 bridgehead atoms. The maximum absolute atomic E-state index is 5.44. The topological polar surface area (TPSA) is 53.0 Å². The van der Waals surface area contributed by atoms with E-state index in [0.717, 1.165) is 74.3 Å². The normalized spacial score (nSPS) is 21.7. The van der Waals surface area contributed by atoms with Gasteiger partial charge in [0.05, 0.1) is 13.2 Å². The molecule has 148 valence electrons. The van der Waals surface area contributed by atoms with Crippen LogP contribution in [0.5, 0.6) is 0 Å². The Hall–Kier alpha value is -0.100. The van der Waals surface area contributed by atoms with Gasteiger partial charge in [0.15, 0.2) is 5.96 Å². The summed E-state index contributed by atoms with van der Waals surface area (Å²) in [5.41, 5.74) is 0. The maximum atomic E-state index is 5.44. The highest BCUT2D eigenvalue weighted by Crippen LogP contribution is 2.21. The predicted octanol–water partition coefficient (Wildman–Crippen LogP) is 2.47. The summed E-state index contributed by atoms with van der Waals surface area (Å²) in [6.07, 6.45) is 4.25. The molecule has 1 atom stereocenters. The van der Waals surface area contributed by atoms with Crippen LogP contribution in [0.15, 0.2) is 20.9 Å². The van der Waals surface area contributed by atoms with Crippen LogP contribution in [-0.4, -0.2) is 86.0 Å². The summed E-state index contributed by atoms with van der Waals surface area (Å²) in [6, 6.07) is 0. The molecule has 1 aromatic rings. The molecule has 2 aliphatic heterocycles. The number of halogens is 1. The molecular weight excluding hydrogens is 481 g/mol. The first-order valence-corrected chi connectivity index (χ1v) is 11.0. The number of guanidine groups is 1. The van der Waals surface area contributed by atoms with E-state index in [1.807, 2.05) is 30.4 Å². The summed E-state index contributed by atoms with van der Waals surface area (Å²) in [5, 5.41) is 5.56. The zero-order chi connectivity index (χ0) is 17.3. The van der Waals surface area contributed by atoms with Crippen molar-refractivity contribution in [3.05, 3.63) is 11.6 Å². The van der Waals surface area contributed by atoms with E-state index in [4.69, 9.17) is 4.74 Å². The summed E-state index contributed by atoms with van der Waals surface area (Å²) in [6.45, 7) is 8.34. The van der Waals surface area contributed by atoms with E-state index in [9.17, 15) is 0 Å². The van der Waals surface area contributed by atoms with Crippen molar-refractivity contribution in [1.29, 1.82) is 0 Å². The molecule has 0 aromatic carbocycles. The summed E-state index contributed by atoms with van der Waals surface area (Å²) in [5.74, 6) is 2.90. The Balaban J connectivity index is 0.00000243. The molecule has 2 saturated heterocycles. The molecule has 0 saturated carbocycles. The van der Waals surface area contributed by atoms with Gasteiger partial charge < -0.3 is 15.0 Å². The lowest BCUT2D eigenvalue weighted by atomic mass is 10.1. The van der Waals surface area contributed by atoms with Gasteiger partial charge in [-0.15, -0.1) is 35.3 Å². The smallest absolute Gasteiger partial charge is 0.193 e. The monoisotopic (exact) mass is 511 g/mol. The highest BCUT2D eigenvalue weighted by Gasteiger charge is 2.26. The SMILES string of the molecule is CN=C(NCCCSc1nccs1)N1CCC(CN2CCOCC2)C1.I. The second kappa shape index (κ2) is 12.4.